The third-order valence-electron chi connectivity index (χ3n) is 4.42. The number of aliphatic imine (C=N–C) groups is 1. The number of amidine groups is 2. The van der Waals surface area contributed by atoms with Gasteiger partial charge in [0.25, 0.3) is 0 Å². The molecule has 170 valence electrons. The maximum absolute atomic E-state index is 12.0. The molecule has 0 bridgehead atoms. The largest absolute Gasteiger partial charge is 0.445 e. The van der Waals surface area contributed by atoms with E-state index < -0.39 is 12.1 Å². The Hall–Kier alpha value is -3.74. The number of nitrogens with one attached hydrogen (secondary N) is 2. The molecule has 2 aromatic carbocycles. The minimum absolute atomic E-state index is 0.00742. The summed E-state index contributed by atoms with van der Waals surface area (Å²) < 4.78 is 10.7. The number of hydrazone groups is 1. The highest BCUT2D eigenvalue weighted by Gasteiger charge is 2.27. The van der Waals surface area contributed by atoms with E-state index in [-0.39, 0.29) is 24.3 Å². The Balaban J connectivity index is 1.90. The Morgan fingerprint density at radius 3 is 2.85 bits per heavy atom. The van der Waals surface area contributed by atoms with Crippen molar-refractivity contribution in [2.45, 2.75) is 13.0 Å². The Morgan fingerprint density at radius 2 is 2.15 bits per heavy atom. The SMILES string of the molecule is C=CCOC(=O)NC(C)c1c(C2=NN(/C(=N\C#N)Oc3ccccc3)CN2)ccc(Cl)c1Cl. The second kappa shape index (κ2) is 11.2. The number of hydrogen-bond donors (Lipinski definition) is 2. The van der Waals surface area contributed by atoms with E-state index in [1.165, 1.54) is 11.1 Å². The third-order valence-corrected chi connectivity index (χ3v) is 5.24. The molecule has 33 heavy (non-hydrogen) atoms. The van der Waals surface area contributed by atoms with Crippen LogP contribution >= 0.6 is 23.2 Å². The molecule has 0 aromatic heterocycles. The maximum atomic E-state index is 12.0. The number of alkyl carbamates (subject to hydrolysis) is 1. The van der Waals surface area contributed by atoms with Crippen LogP contribution < -0.4 is 15.4 Å². The topological polar surface area (TPSA) is 111 Å². The lowest BCUT2D eigenvalue weighted by molar-refractivity contribution is 0.155. The van der Waals surface area contributed by atoms with Gasteiger partial charge in [0.15, 0.2) is 5.84 Å². The van der Waals surface area contributed by atoms with E-state index in [0.717, 1.165) is 0 Å². The van der Waals surface area contributed by atoms with Crippen LogP contribution in [0.2, 0.25) is 10.0 Å². The minimum Gasteiger partial charge on any atom is -0.445 e. The van der Waals surface area contributed by atoms with E-state index in [1.54, 1.807) is 49.5 Å². The Bertz CT molecular complexity index is 1130. The zero-order valence-corrected chi connectivity index (χ0v) is 19.1. The van der Waals surface area contributed by atoms with Crippen LogP contribution in [0.1, 0.15) is 24.1 Å². The molecule has 0 spiro atoms. The van der Waals surface area contributed by atoms with Crippen molar-refractivity contribution in [3.63, 3.8) is 0 Å². The minimum atomic E-state index is -0.632. The molecule has 0 saturated carbocycles. The first-order chi connectivity index (χ1) is 15.9. The predicted octanol–water partition coefficient (Wildman–Crippen LogP) is 4.41. The van der Waals surface area contributed by atoms with Crippen molar-refractivity contribution < 1.29 is 14.3 Å². The van der Waals surface area contributed by atoms with Crippen LogP contribution in [-0.4, -0.2) is 36.2 Å². The molecule has 9 nitrogen and oxygen atoms in total. The first-order valence-electron chi connectivity index (χ1n) is 9.76. The summed E-state index contributed by atoms with van der Waals surface area (Å²) in [5, 5.41) is 21.4. The molecule has 1 aliphatic rings. The van der Waals surface area contributed by atoms with Crippen LogP contribution in [-0.2, 0) is 4.74 Å². The first-order valence-corrected chi connectivity index (χ1v) is 10.5. The molecule has 0 saturated heterocycles. The molecule has 0 fully saturated rings. The van der Waals surface area contributed by atoms with E-state index in [0.29, 0.717) is 27.7 Å². The first kappa shape index (κ1) is 23.9. The van der Waals surface area contributed by atoms with E-state index >= 15 is 0 Å². The number of carbonyl (C=O) groups excluding carboxylic acids is 1. The van der Waals surface area contributed by atoms with Gasteiger partial charge in [-0.3, -0.25) is 0 Å². The summed E-state index contributed by atoms with van der Waals surface area (Å²) >= 11 is 12.7. The van der Waals surface area contributed by atoms with Crippen LogP contribution in [0.15, 0.2) is 65.2 Å². The van der Waals surface area contributed by atoms with Gasteiger partial charge in [-0.05, 0) is 31.2 Å². The fraction of sp³-hybridized carbons (Fsp3) is 0.182. The molecule has 2 N–H and O–H groups in total. The molecular weight excluding hydrogens is 467 g/mol. The highest BCUT2D eigenvalue weighted by Crippen LogP contribution is 2.33. The number of amides is 1. The van der Waals surface area contributed by atoms with Crippen LogP contribution in [0.4, 0.5) is 4.79 Å². The Morgan fingerprint density at radius 1 is 1.39 bits per heavy atom. The molecule has 1 atom stereocenters. The number of halogens is 2. The van der Waals surface area contributed by atoms with Gasteiger partial charge in [0.2, 0.25) is 6.19 Å². The van der Waals surface area contributed by atoms with Gasteiger partial charge in [0, 0.05) is 11.1 Å². The molecule has 3 rings (SSSR count). The molecule has 0 radical (unpaired) electrons. The maximum Gasteiger partial charge on any atom is 0.407 e. The van der Waals surface area contributed by atoms with Gasteiger partial charge in [-0.1, -0.05) is 54.1 Å². The number of nitrogens with zero attached hydrogens (tertiary/aromatic N) is 4. The summed E-state index contributed by atoms with van der Waals surface area (Å²) in [5.41, 5.74) is 1.13. The van der Waals surface area contributed by atoms with Crippen molar-refractivity contribution in [2.75, 3.05) is 13.3 Å². The number of benzene rings is 2. The van der Waals surface area contributed by atoms with Gasteiger partial charge in [-0.25, -0.2) is 4.79 Å². The smallest absolute Gasteiger partial charge is 0.407 e. The van der Waals surface area contributed by atoms with E-state index in [4.69, 9.17) is 37.9 Å². The fourth-order valence-corrected chi connectivity index (χ4v) is 3.49. The van der Waals surface area contributed by atoms with Gasteiger partial charge in [0.05, 0.1) is 16.1 Å². The lowest BCUT2D eigenvalue weighted by Crippen LogP contribution is -2.33. The fourth-order valence-electron chi connectivity index (χ4n) is 2.99. The lowest BCUT2D eigenvalue weighted by Gasteiger charge is -2.20. The molecule has 11 heteroatoms. The van der Waals surface area contributed by atoms with Crippen molar-refractivity contribution in [3.05, 3.63) is 76.3 Å². The molecule has 0 aliphatic carbocycles. The number of carbonyl (C=O) groups is 1. The Labute approximate surface area is 200 Å². The highest BCUT2D eigenvalue weighted by atomic mass is 35.5. The zero-order chi connectivity index (χ0) is 23.8. The molecule has 1 heterocycles. The molecule has 2 aromatic rings. The monoisotopic (exact) mass is 486 g/mol. The zero-order valence-electron chi connectivity index (χ0n) is 17.6. The van der Waals surface area contributed by atoms with Gasteiger partial charge >= 0.3 is 12.1 Å². The lowest BCUT2D eigenvalue weighted by atomic mass is 10.0. The molecule has 1 amide bonds. The van der Waals surface area contributed by atoms with Crippen LogP contribution in [0.5, 0.6) is 5.75 Å². The van der Waals surface area contributed by atoms with Crippen molar-refractivity contribution in [1.29, 1.82) is 5.26 Å². The van der Waals surface area contributed by atoms with Crippen molar-refractivity contribution in [2.24, 2.45) is 10.1 Å². The average Bonchev–Trinajstić information content (AvgIpc) is 3.29. The summed E-state index contributed by atoms with van der Waals surface area (Å²) in [6, 6.07) is 11.7. The van der Waals surface area contributed by atoms with Gasteiger partial charge in [-0.15, -0.1) is 10.1 Å². The normalized spacial score (nSPS) is 13.9. The molecule has 1 aliphatic heterocycles. The highest BCUT2D eigenvalue weighted by molar-refractivity contribution is 6.42. The summed E-state index contributed by atoms with van der Waals surface area (Å²) in [6.45, 7) is 5.51. The quantitative estimate of drug-likeness (QED) is 0.270. The van der Waals surface area contributed by atoms with Crippen molar-refractivity contribution in [1.82, 2.24) is 15.6 Å². The average molecular weight is 487 g/mol. The molecule has 1 unspecified atom stereocenters. The van der Waals surface area contributed by atoms with Crippen LogP contribution in [0.25, 0.3) is 0 Å². The van der Waals surface area contributed by atoms with E-state index in [9.17, 15) is 4.79 Å². The number of nitriles is 1. The van der Waals surface area contributed by atoms with E-state index in [2.05, 4.69) is 27.3 Å². The van der Waals surface area contributed by atoms with Crippen molar-refractivity contribution in [3.8, 4) is 11.9 Å². The van der Waals surface area contributed by atoms with Crippen LogP contribution in [0, 0.1) is 11.5 Å². The van der Waals surface area contributed by atoms with Gasteiger partial charge in [0.1, 0.15) is 19.0 Å². The Kier molecular flexibility index (Phi) is 8.13. The summed E-state index contributed by atoms with van der Waals surface area (Å²) in [6.07, 6.45) is 2.55. The second-order valence-corrected chi connectivity index (χ2v) is 7.45. The van der Waals surface area contributed by atoms with Crippen LogP contribution in [0.3, 0.4) is 0 Å². The summed E-state index contributed by atoms with van der Waals surface area (Å²) in [4.78, 5) is 15.8. The standard InChI is InChI=1S/C22H20Cl2N6O3/c1-3-11-32-22(31)28-14(2)18-16(9-10-17(23)19(18)24)20-27-13-30(29-20)21(26-12-25)33-15-7-5-4-6-8-15/h3-10,14H,1,11,13H2,2H3,(H,27,29)(H,28,31)/b26-21+. The number of ether oxygens (including phenoxy) is 2. The number of para-hydroxylation sites is 1. The number of hydrogen-bond acceptors (Lipinski definition) is 7. The molecular formula is C22H20Cl2N6O3. The number of rotatable bonds is 6. The van der Waals surface area contributed by atoms with E-state index in [1.807, 2.05) is 6.07 Å². The summed E-state index contributed by atoms with van der Waals surface area (Å²) in [5.74, 6) is 0.931. The van der Waals surface area contributed by atoms with Crippen molar-refractivity contribution >= 4 is 41.2 Å². The van der Waals surface area contributed by atoms with Gasteiger partial charge < -0.3 is 20.1 Å². The second-order valence-electron chi connectivity index (χ2n) is 6.67. The predicted molar refractivity (Wildman–Crippen MR) is 126 cm³/mol. The summed E-state index contributed by atoms with van der Waals surface area (Å²) in [7, 11) is 0. The van der Waals surface area contributed by atoms with Gasteiger partial charge in [-0.2, -0.15) is 10.3 Å². The third kappa shape index (κ3) is 5.94.